The van der Waals surface area contributed by atoms with Crippen LogP contribution in [0.15, 0.2) is 36.7 Å². The highest BCUT2D eigenvalue weighted by Crippen LogP contribution is 2.13. The third-order valence-electron chi connectivity index (χ3n) is 2.21. The first-order valence-electron chi connectivity index (χ1n) is 4.89. The number of hydrogen-bond acceptors (Lipinski definition) is 3. The normalized spacial score (nSPS) is 9.75. The van der Waals surface area contributed by atoms with Crippen molar-refractivity contribution in [3.8, 4) is 11.8 Å². The minimum atomic E-state index is 0.384. The van der Waals surface area contributed by atoms with E-state index < -0.39 is 0 Å². The Kier molecular flexibility index (Phi) is 2.88. The molecule has 0 unspecified atom stereocenters. The van der Waals surface area contributed by atoms with Crippen LogP contribution in [0.1, 0.15) is 11.1 Å². The van der Waals surface area contributed by atoms with E-state index in [9.17, 15) is 0 Å². The second-order valence-electron chi connectivity index (χ2n) is 3.41. The number of aryl methyl sites for hydroxylation is 1. The van der Waals surface area contributed by atoms with Crippen LogP contribution in [0.4, 0.5) is 0 Å². The molecular weight excluding hydrogens is 202 g/mol. The van der Waals surface area contributed by atoms with Crippen LogP contribution in [0, 0.1) is 11.3 Å². The highest BCUT2D eigenvalue weighted by atomic mass is 16.5. The predicted molar refractivity (Wildman–Crippen MR) is 58.7 cm³/mol. The molecule has 16 heavy (non-hydrogen) atoms. The van der Waals surface area contributed by atoms with Crippen LogP contribution in [-0.2, 0) is 13.7 Å². The molecule has 0 aliphatic rings. The Morgan fingerprint density at radius 1 is 1.44 bits per heavy atom. The van der Waals surface area contributed by atoms with Gasteiger partial charge in [0, 0.05) is 12.6 Å². The molecule has 0 saturated heterocycles. The molecular formula is C12H11N3O. The molecule has 0 spiro atoms. The molecule has 0 saturated carbocycles. The molecule has 0 aliphatic heterocycles. The van der Waals surface area contributed by atoms with Crippen molar-refractivity contribution in [3.05, 3.63) is 47.8 Å². The molecule has 80 valence electrons. The zero-order chi connectivity index (χ0) is 11.4. The maximum Gasteiger partial charge on any atom is 0.157 e. The standard InChI is InChI=1S/C12H11N3O/c1-15-8-12(7-14-15)16-9-11-5-3-2-4-10(11)6-13/h2-5,7-8H,9H2,1H3. The van der Waals surface area contributed by atoms with Crippen LogP contribution in [0.2, 0.25) is 0 Å². The van der Waals surface area contributed by atoms with Gasteiger partial charge in [-0.05, 0) is 6.07 Å². The molecule has 0 N–H and O–H groups in total. The van der Waals surface area contributed by atoms with E-state index >= 15 is 0 Å². The molecule has 1 heterocycles. The molecule has 4 nitrogen and oxygen atoms in total. The highest BCUT2D eigenvalue weighted by Gasteiger charge is 2.02. The summed E-state index contributed by atoms with van der Waals surface area (Å²) in [5.74, 6) is 0.704. The summed E-state index contributed by atoms with van der Waals surface area (Å²) in [7, 11) is 1.83. The summed E-state index contributed by atoms with van der Waals surface area (Å²) in [5, 5.41) is 12.9. The van der Waals surface area contributed by atoms with Crippen LogP contribution < -0.4 is 4.74 Å². The van der Waals surface area contributed by atoms with Gasteiger partial charge in [-0.25, -0.2) is 0 Å². The quantitative estimate of drug-likeness (QED) is 0.782. The summed E-state index contributed by atoms with van der Waals surface area (Å²) in [6, 6.07) is 9.53. The molecule has 4 heteroatoms. The fourth-order valence-electron chi connectivity index (χ4n) is 1.39. The molecule has 2 aromatic rings. The Hall–Kier alpha value is -2.28. The number of benzene rings is 1. The van der Waals surface area contributed by atoms with Crippen molar-refractivity contribution in [2.24, 2.45) is 7.05 Å². The lowest BCUT2D eigenvalue weighted by atomic mass is 10.1. The van der Waals surface area contributed by atoms with Crippen molar-refractivity contribution in [3.63, 3.8) is 0 Å². The zero-order valence-corrected chi connectivity index (χ0v) is 8.92. The average molecular weight is 213 g/mol. The Labute approximate surface area is 93.7 Å². The van der Waals surface area contributed by atoms with Gasteiger partial charge in [0.15, 0.2) is 5.75 Å². The van der Waals surface area contributed by atoms with Crippen molar-refractivity contribution in [1.82, 2.24) is 9.78 Å². The lowest BCUT2D eigenvalue weighted by Crippen LogP contribution is -1.97. The number of ether oxygens (including phenoxy) is 1. The Morgan fingerprint density at radius 3 is 2.94 bits per heavy atom. The third kappa shape index (κ3) is 2.20. The average Bonchev–Trinajstić information content (AvgIpc) is 2.73. The van der Waals surface area contributed by atoms with E-state index in [1.807, 2.05) is 25.2 Å². The Morgan fingerprint density at radius 2 is 2.25 bits per heavy atom. The minimum absolute atomic E-state index is 0.384. The van der Waals surface area contributed by atoms with E-state index in [4.69, 9.17) is 10.00 Å². The van der Waals surface area contributed by atoms with Crippen molar-refractivity contribution in [2.45, 2.75) is 6.61 Å². The topological polar surface area (TPSA) is 50.8 Å². The SMILES string of the molecule is Cn1cc(OCc2ccccc2C#N)cn1. The van der Waals surface area contributed by atoms with Gasteiger partial charge in [-0.3, -0.25) is 4.68 Å². The molecule has 0 amide bonds. The first-order chi connectivity index (χ1) is 7.79. The third-order valence-corrected chi connectivity index (χ3v) is 2.21. The number of aromatic nitrogens is 2. The molecule has 1 aromatic carbocycles. The molecule has 1 aromatic heterocycles. The molecule has 0 atom stereocenters. The van der Waals surface area contributed by atoms with Gasteiger partial charge in [0.25, 0.3) is 0 Å². The fourth-order valence-corrected chi connectivity index (χ4v) is 1.39. The monoisotopic (exact) mass is 213 g/mol. The van der Waals surface area contributed by atoms with Gasteiger partial charge in [0.2, 0.25) is 0 Å². The number of nitrogens with zero attached hydrogens (tertiary/aromatic N) is 3. The summed E-state index contributed by atoms with van der Waals surface area (Å²) in [5.41, 5.74) is 1.53. The predicted octanol–water partition coefficient (Wildman–Crippen LogP) is 1.87. The van der Waals surface area contributed by atoms with Crippen molar-refractivity contribution >= 4 is 0 Å². The Bertz CT molecular complexity index is 525. The van der Waals surface area contributed by atoms with Crippen LogP contribution in [-0.4, -0.2) is 9.78 Å². The Balaban J connectivity index is 2.08. The molecule has 2 rings (SSSR count). The summed E-state index contributed by atoms with van der Waals surface area (Å²) in [4.78, 5) is 0. The van der Waals surface area contributed by atoms with Crippen LogP contribution in [0.3, 0.4) is 0 Å². The van der Waals surface area contributed by atoms with E-state index in [1.165, 1.54) is 0 Å². The first-order valence-corrected chi connectivity index (χ1v) is 4.89. The second-order valence-corrected chi connectivity index (χ2v) is 3.41. The summed E-state index contributed by atoms with van der Waals surface area (Å²) in [6.07, 6.45) is 3.43. The van der Waals surface area contributed by atoms with Crippen molar-refractivity contribution in [2.75, 3.05) is 0 Å². The summed E-state index contributed by atoms with van der Waals surface area (Å²) in [6.45, 7) is 0.384. The van der Waals surface area contributed by atoms with E-state index in [2.05, 4.69) is 11.2 Å². The summed E-state index contributed by atoms with van der Waals surface area (Å²) >= 11 is 0. The molecule has 0 fully saturated rings. The van der Waals surface area contributed by atoms with Crippen molar-refractivity contribution in [1.29, 1.82) is 5.26 Å². The highest BCUT2D eigenvalue weighted by molar-refractivity contribution is 5.37. The lowest BCUT2D eigenvalue weighted by molar-refractivity contribution is 0.305. The van der Waals surface area contributed by atoms with Gasteiger partial charge in [0.1, 0.15) is 6.61 Å². The smallest absolute Gasteiger partial charge is 0.157 e. The first kappa shape index (κ1) is 10.2. The maximum atomic E-state index is 8.90. The number of rotatable bonds is 3. The van der Waals surface area contributed by atoms with Crippen LogP contribution in [0.25, 0.3) is 0 Å². The minimum Gasteiger partial charge on any atom is -0.486 e. The van der Waals surface area contributed by atoms with Crippen molar-refractivity contribution < 1.29 is 4.74 Å². The molecule has 0 bridgehead atoms. The van der Waals surface area contributed by atoms with Gasteiger partial charge in [0.05, 0.1) is 24.0 Å². The van der Waals surface area contributed by atoms with Crippen LogP contribution in [0.5, 0.6) is 5.75 Å². The van der Waals surface area contributed by atoms with E-state index in [0.717, 1.165) is 5.56 Å². The van der Waals surface area contributed by atoms with Gasteiger partial charge in [-0.1, -0.05) is 18.2 Å². The molecule has 0 radical (unpaired) electrons. The van der Waals surface area contributed by atoms with E-state index in [1.54, 1.807) is 23.1 Å². The van der Waals surface area contributed by atoms with Gasteiger partial charge >= 0.3 is 0 Å². The van der Waals surface area contributed by atoms with E-state index in [-0.39, 0.29) is 0 Å². The van der Waals surface area contributed by atoms with Crippen LogP contribution >= 0.6 is 0 Å². The van der Waals surface area contributed by atoms with Gasteiger partial charge in [-0.15, -0.1) is 0 Å². The molecule has 0 aliphatic carbocycles. The zero-order valence-electron chi connectivity index (χ0n) is 8.92. The number of nitriles is 1. The summed E-state index contributed by atoms with van der Waals surface area (Å²) < 4.78 is 7.19. The number of hydrogen-bond donors (Lipinski definition) is 0. The second kappa shape index (κ2) is 4.49. The largest absolute Gasteiger partial charge is 0.486 e. The van der Waals surface area contributed by atoms with Gasteiger partial charge in [-0.2, -0.15) is 10.4 Å². The van der Waals surface area contributed by atoms with E-state index in [0.29, 0.717) is 17.9 Å². The van der Waals surface area contributed by atoms with Gasteiger partial charge < -0.3 is 4.74 Å². The fraction of sp³-hybridized carbons (Fsp3) is 0.167. The lowest BCUT2D eigenvalue weighted by Gasteiger charge is -2.04. The maximum absolute atomic E-state index is 8.90.